The second kappa shape index (κ2) is 12.6. The van der Waals surface area contributed by atoms with Crippen molar-refractivity contribution in [3.05, 3.63) is 70.8 Å². The van der Waals surface area contributed by atoms with Crippen LogP contribution < -0.4 is 4.74 Å². The van der Waals surface area contributed by atoms with E-state index < -0.39 is 0 Å². The summed E-state index contributed by atoms with van der Waals surface area (Å²) < 4.78 is 8.24. The minimum Gasteiger partial charge on any atom is -0.494 e. The molecule has 194 valence electrons. The number of aromatic nitrogens is 2. The average molecular weight is 534 g/mol. The summed E-state index contributed by atoms with van der Waals surface area (Å²) in [6.07, 6.45) is 8.43. The van der Waals surface area contributed by atoms with Gasteiger partial charge in [0.05, 0.1) is 17.2 Å². The zero-order chi connectivity index (χ0) is 26.4. The third-order valence-electron chi connectivity index (χ3n) is 6.66. The maximum absolute atomic E-state index is 13.4. The van der Waals surface area contributed by atoms with Crippen LogP contribution in [0.4, 0.5) is 0 Å². The van der Waals surface area contributed by atoms with Gasteiger partial charge in [-0.1, -0.05) is 75.3 Å². The Balaban J connectivity index is 1.70. The number of thiocarbonyl (C=S) groups is 1. The molecule has 0 N–H and O–H groups in total. The molecule has 0 unspecified atom stereocenters. The molecule has 1 amide bonds. The molecule has 0 saturated carbocycles. The first-order valence-corrected chi connectivity index (χ1v) is 14.3. The molecule has 4 rings (SSSR count). The van der Waals surface area contributed by atoms with Crippen LogP contribution in [0.2, 0.25) is 0 Å². The highest BCUT2D eigenvalue weighted by molar-refractivity contribution is 8.26. The summed E-state index contributed by atoms with van der Waals surface area (Å²) in [5.41, 5.74) is 4.67. The molecule has 2 heterocycles. The van der Waals surface area contributed by atoms with Crippen LogP contribution in [0.25, 0.3) is 23.0 Å². The molecule has 5 nitrogen and oxygen atoms in total. The van der Waals surface area contributed by atoms with Crippen molar-refractivity contribution in [1.29, 1.82) is 0 Å². The van der Waals surface area contributed by atoms with E-state index >= 15 is 0 Å². The van der Waals surface area contributed by atoms with Gasteiger partial charge in [-0.05, 0) is 68.2 Å². The minimum absolute atomic E-state index is 0.00812. The van der Waals surface area contributed by atoms with E-state index in [-0.39, 0.29) is 5.91 Å². The Morgan fingerprint density at radius 2 is 1.92 bits per heavy atom. The Bertz CT molecular complexity index is 1280. The van der Waals surface area contributed by atoms with Crippen LogP contribution in [0.3, 0.4) is 0 Å². The summed E-state index contributed by atoms with van der Waals surface area (Å²) in [4.78, 5) is 15.9. The molecule has 0 spiro atoms. The van der Waals surface area contributed by atoms with E-state index in [4.69, 9.17) is 22.1 Å². The maximum atomic E-state index is 13.4. The molecule has 0 aliphatic carbocycles. The number of hydrogen-bond donors (Lipinski definition) is 0. The molecule has 1 aliphatic rings. The second-order valence-electron chi connectivity index (χ2n) is 9.34. The molecule has 1 atom stereocenters. The first-order chi connectivity index (χ1) is 17.9. The molecular formula is C30H35N3O2S2. The molecule has 1 aliphatic heterocycles. The van der Waals surface area contributed by atoms with E-state index in [1.54, 1.807) is 4.90 Å². The lowest BCUT2D eigenvalue weighted by molar-refractivity contribution is -0.122. The Morgan fingerprint density at radius 3 is 2.59 bits per heavy atom. The normalized spacial score (nSPS) is 15.6. The fourth-order valence-electron chi connectivity index (χ4n) is 4.52. The Kier molecular flexibility index (Phi) is 9.22. The predicted molar refractivity (Wildman–Crippen MR) is 158 cm³/mol. The fraction of sp³-hybridized carbons (Fsp3) is 0.367. The number of para-hydroxylation sites is 1. The van der Waals surface area contributed by atoms with Gasteiger partial charge in [-0.15, -0.1) is 0 Å². The van der Waals surface area contributed by atoms with Crippen molar-refractivity contribution in [2.24, 2.45) is 5.92 Å². The topological polar surface area (TPSA) is 47.4 Å². The lowest BCUT2D eigenvalue weighted by Gasteiger charge is -2.21. The number of carbonyl (C=O) groups excluding carboxylic acids is 1. The second-order valence-corrected chi connectivity index (χ2v) is 11.0. The summed E-state index contributed by atoms with van der Waals surface area (Å²) in [5, 5.41) is 4.93. The number of amides is 1. The zero-order valence-corrected chi connectivity index (χ0v) is 23.7. The summed E-state index contributed by atoms with van der Waals surface area (Å²) in [6, 6.07) is 16.1. The van der Waals surface area contributed by atoms with Crippen molar-refractivity contribution in [3.63, 3.8) is 0 Å². The molecule has 7 heteroatoms. The standard InChI is InChI=1S/C30H35N3O2S2/c1-5-8-12-22(6-2)19-32-29(34)27(37-30(32)36)18-24-20-33(25-13-10-9-11-14-25)31-28(24)23-15-16-26(35-7-3)21(4)17-23/h9-11,13-18,20,22H,5-8,12,19H2,1-4H3/b27-18-/t22-/m1/s1. The summed E-state index contributed by atoms with van der Waals surface area (Å²) in [6.45, 7) is 9.72. The Hall–Kier alpha value is -2.90. The van der Waals surface area contributed by atoms with Crippen molar-refractivity contribution in [2.75, 3.05) is 13.2 Å². The SMILES string of the molecule is CCCC[C@@H](CC)CN1C(=O)/C(=C/c2cn(-c3ccccc3)nc2-c2ccc(OCC)c(C)c2)SC1=S. The smallest absolute Gasteiger partial charge is 0.266 e. The summed E-state index contributed by atoms with van der Waals surface area (Å²) >= 11 is 7.03. The van der Waals surface area contributed by atoms with Gasteiger partial charge in [-0.2, -0.15) is 5.10 Å². The molecule has 0 bridgehead atoms. The number of ether oxygens (including phenoxy) is 1. The third kappa shape index (κ3) is 6.33. The van der Waals surface area contributed by atoms with Crippen molar-refractivity contribution in [1.82, 2.24) is 14.7 Å². The highest BCUT2D eigenvalue weighted by Crippen LogP contribution is 2.36. The molecule has 2 aromatic carbocycles. The van der Waals surface area contributed by atoms with Crippen LogP contribution in [-0.2, 0) is 4.79 Å². The van der Waals surface area contributed by atoms with E-state index in [1.807, 2.05) is 73.3 Å². The highest BCUT2D eigenvalue weighted by atomic mass is 32.2. The van der Waals surface area contributed by atoms with Crippen LogP contribution in [0.1, 0.15) is 57.6 Å². The van der Waals surface area contributed by atoms with Gasteiger partial charge in [0.2, 0.25) is 0 Å². The Labute approximate surface area is 229 Å². The maximum Gasteiger partial charge on any atom is 0.266 e. The van der Waals surface area contributed by atoms with Crippen molar-refractivity contribution < 1.29 is 9.53 Å². The number of hydrogen-bond acceptors (Lipinski definition) is 5. The predicted octanol–water partition coefficient (Wildman–Crippen LogP) is 7.66. The van der Waals surface area contributed by atoms with Crippen molar-refractivity contribution in [3.8, 4) is 22.7 Å². The molecule has 1 aromatic heterocycles. The van der Waals surface area contributed by atoms with Crippen LogP contribution in [-0.4, -0.2) is 38.1 Å². The zero-order valence-electron chi connectivity index (χ0n) is 22.1. The first kappa shape index (κ1) is 27.1. The first-order valence-electron chi connectivity index (χ1n) is 13.1. The van der Waals surface area contributed by atoms with Crippen LogP contribution in [0, 0.1) is 12.8 Å². The Morgan fingerprint density at radius 1 is 1.14 bits per heavy atom. The minimum atomic E-state index is -0.00812. The van der Waals surface area contributed by atoms with Crippen molar-refractivity contribution >= 4 is 40.3 Å². The number of unbranched alkanes of at least 4 members (excludes halogenated alkanes) is 1. The van der Waals surface area contributed by atoms with Gasteiger partial charge in [0, 0.05) is 23.9 Å². The number of carbonyl (C=O) groups is 1. The van der Waals surface area contributed by atoms with Gasteiger partial charge in [-0.25, -0.2) is 4.68 Å². The van der Waals surface area contributed by atoms with E-state index in [2.05, 4.69) is 19.9 Å². The van der Waals surface area contributed by atoms with Gasteiger partial charge in [-0.3, -0.25) is 9.69 Å². The number of benzene rings is 2. The molecule has 3 aromatic rings. The molecule has 0 radical (unpaired) electrons. The van der Waals surface area contributed by atoms with E-state index in [0.717, 1.165) is 53.1 Å². The largest absolute Gasteiger partial charge is 0.494 e. The van der Waals surface area contributed by atoms with E-state index in [1.165, 1.54) is 18.2 Å². The van der Waals surface area contributed by atoms with Gasteiger partial charge >= 0.3 is 0 Å². The quantitative estimate of drug-likeness (QED) is 0.187. The van der Waals surface area contributed by atoms with Crippen LogP contribution in [0.15, 0.2) is 59.6 Å². The lowest BCUT2D eigenvalue weighted by atomic mass is 9.99. The molecule has 1 fully saturated rings. The van der Waals surface area contributed by atoms with Gasteiger partial charge < -0.3 is 4.74 Å². The monoisotopic (exact) mass is 533 g/mol. The molecule has 37 heavy (non-hydrogen) atoms. The average Bonchev–Trinajstić information content (AvgIpc) is 3.44. The highest BCUT2D eigenvalue weighted by Gasteiger charge is 2.33. The summed E-state index contributed by atoms with van der Waals surface area (Å²) in [5.74, 6) is 1.32. The number of aryl methyl sites for hydroxylation is 1. The fourth-order valence-corrected chi connectivity index (χ4v) is 5.78. The molecule has 1 saturated heterocycles. The van der Waals surface area contributed by atoms with Gasteiger partial charge in [0.15, 0.2) is 0 Å². The van der Waals surface area contributed by atoms with Gasteiger partial charge in [0.25, 0.3) is 5.91 Å². The van der Waals surface area contributed by atoms with Crippen molar-refractivity contribution in [2.45, 2.75) is 53.4 Å². The van der Waals surface area contributed by atoms with Gasteiger partial charge in [0.1, 0.15) is 15.8 Å². The molecular weight excluding hydrogens is 498 g/mol. The van der Waals surface area contributed by atoms with Crippen LogP contribution >= 0.6 is 24.0 Å². The third-order valence-corrected chi connectivity index (χ3v) is 8.03. The number of rotatable bonds is 11. The van der Waals surface area contributed by atoms with Crippen LogP contribution in [0.5, 0.6) is 5.75 Å². The van der Waals surface area contributed by atoms with E-state index in [0.29, 0.717) is 28.3 Å². The summed E-state index contributed by atoms with van der Waals surface area (Å²) in [7, 11) is 0. The lowest BCUT2D eigenvalue weighted by Crippen LogP contribution is -2.33. The number of thioether (sulfide) groups is 1. The van der Waals surface area contributed by atoms with E-state index in [9.17, 15) is 4.79 Å². The number of nitrogens with zero attached hydrogens (tertiary/aromatic N) is 3.